The van der Waals surface area contributed by atoms with Crippen molar-refractivity contribution in [2.24, 2.45) is 0 Å². The van der Waals surface area contributed by atoms with E-state index in [2.05, 4.69) is 9.97 Å². The lowest BCUT2D eigenvalue weighted by molar-refractivity contribution is -0.142. The van der Waals surface area contributed by atoms with Gasteiger partial charge in [-0.2, -0.15) is 0 Å². The van der Waals surface area contributed by atoms with Crippen LogP contribution in [0.3, 0.4) is 0 Å². The van der Waals surface area contributed by atoms with E-state index in [4.69, 9.17) is 5.11 Å². The van der Waals surface area contributed by atoms with Crippen LogP contribution >= 0.6 is 0 Å². The van der Waals surface area contributed by atoms with Crippen LogP contribution in [0.2, 0.25) is 0 Å². The SMILES string of the molecule is Cc1ncc(C(C)(C)C(=O)O)[nH]1. The Morgan fingerprint density at radius 2 is 2.25 bits per heavy atom. The number of carboxylic acids is 1. The Balaban J connectivity index is 3.05. The maximum absolute atomic E-state index is 10.8. The van der Waals surface area contributed by atoms with Gasteiger partial charge in [-0.05, 0) is 20.8 Å². The number of hydrogen-bond acceptors (Lipinski definition) is 2. The van der Waals surface area contributed by atoms with Gasteiger partial charge in [-0.3, -0.25) is 4.79 Å². The summed E-state index contributed by atoms with van der Waals surface area (Å²) in [5.41, 5.74) is -0.256. The minimum Gasteiger partial charge on any atom is -0.481 e. The molecular formula is C8H12N2O2. The first-order valence-electron chi connectivity index (χ1n) is 3.70. The molecule has 0 saturated heterocycles. The molecule has 0 aliphatic carbocycles. The van der Waals surface area contributed by atoms with Crippen molar-refractivity contribution in [3.8, 4) is 0 Å². The Morgan fingerprint density at radius 1 is 1.67 bits per heavy atom. The number of nitrogens with zero attached hydrogens (tertiary/aromatic N) is 1. The van der Waals surface area contributed by atoms with Gasteiger partial charge in [0.15, 0.2) is 0 Å². The van der Waals surface area contributed by atoms with E-state index in [1.165, 1.54) is 0 Å². The van der Waals surface area contributed by atoms with E-state index in [9.17, 15) is 4.79 Å². The normalized spacial score (nSPS) is 11.6. The predicted octanol–water partition coefficient (Wildman–Crippen LogP) is 1.08. The smallest absolute Gasteiger partial charge is 0.315 e. The predicted molar refractivity (Wildman–Crippen MR) is 44.0 cm³/mol. The molecule has 0 aromatic carbocycles. The number of aromatic nitrogens is 2. The lowest BCUT2D eigenvalue weighted by Crippen LogP contribution is -2.28. The lowest BCUT2D eigenvalue weighted by Gasteiger charge is -2.16. The van der Waals surface area contributed by atoms with Crippen LogP contribution in [0.5, 0.6) is 0 Å². The standard InChI is InChI=1S/C8H12N2O2/c1-5-9-4-6(10-5)8(2,3)7(11)12/h4H,1-3H3,(H,9,10)(H,11,12). The molecule has 0 unspecified atom stereocenters. The molecule has 1 heterocycles. The van der Waals surface area contributed by atoms with Crippen molar-refractivity contribution in [2.75, 3.05) is 0 Å². The molecule has 0 atom stereocenters. The molecule has 1 rings (SSSR count). The fourth-order valence-corrected chi connectivity index (χ4v) is 0.854. The molecule has 1 aromatic heterocycles. The maximum atomic E-state index is 10.8. The zero-order valence-corrected chi connectivity index (χ0v) is 7.38. The number of nitrogens with one attached hydrogen (secondary N) is 1. The van der Waals surface area contributed by atoms with E-state index < -0.39 is 11.4 Å². The fraction of sp³-hybridized carbons (Fsp3) is 0.500. The highest BCUT2D eigenvalue weighted by Crippen LogP contribution is 2.20. The van der Waals surface area contributed by atoms with Crippen LogP contribution in [0.15, 0.2) is 6.20 Å². The third-order valence-corrected chi connectivity index (χ3v) is 1.91. The molecule has 4 heteroatoms. The Morgan fingerprint density at radius 3 is 2.58 bits per heavy atom. The van der Waals surface area contributed by atoms with Gasteiger partial charge in [0.2, 0.25) is 0 Å². The second-order valence-electron chi connectivity index (χ2n) is 3.31. The third-order valence-electron chi connectivity index (χ3n) is 1.91. The lowest BCUT2D eigenvalue weighted by atomic mass is 9.90. The molecule has 1 aromatic rings. The molecule has 4 nitrogen and oxygen atoms in total. The minimum absolute atomic E-state index is 0.632. The second-order valence-corrected chi connectivity index (χ2v) is 3.31. The minimum atomic E-state index is -0.888. The number of aliphatic carboxylic acids is 1. The van der Waals surface area contributed by atoms with Crippen LogP contribution in [0.1, 0.15) is 25.4 Å². The highest BCUT2D eigenvalue weighted by atomic mass is 16.4. The van der Waals surface area contributed by atoms with Gasteiger partial charge in [0.25, 0.3) is 0 Å². The average Bonchev–Trinajstić information content (AvgIpc) is 2.35. The first-order valence-corrected chi connectivity index (χ1v) is 3.70. The van der Waals surface area contributed by atoms with Crippen molar-refractivity contribution in [3.63, 3.8) is 0 Å². The van der Waals surface area contributed by atoms with Crippen molar-refractivity contribution in [1.82, 2.24) is 9.97 Å². The third kappa shape index (κ3) is 1.32. The summed E-state index contributed by atoms with van der Waals surface area (Å²) in [7, 11) is 0. The Hall–Kier alpha value is -1.32. The van der Waals surface area contributed by atoms with Crippen LogP contribution < -0.4 is 0 Å². The zero-order chi connectivity index (χ0) is 9.35. The number of H-pyrrole nitrogens is 1. The van der Waals surface area contributed by atoms with Crippen LogP contribution in [0.4, 0.5) is 0 Å². The maximum Gasteiger partial charge on any atom is 0.315 e. The summed E-state index contributed by atoms with van der Waals surface area (Å²) in [6, 6.07) is 0. The van der Waals surface area contributed by atoms with E-state index >= 15 is 0 Å². The summed E-state index contributed by atoms with van der Waals surface area (Å²) in [6.45, 7) is 5.08. The zero-order valence-electron chi connectivity index (χ0n) is 7.38. The van der Waals surface area contributed by atoms with Crippen LogP contribution in [-0.2, 0) is 10.2 Å². The van der Waals surface area contributed by atoms with Gasteiger partial charge in [-0.15, -0.1) is 0 Å². The Bertz CT molecular complexity index is 302. The van der Waals surface area contributed by atoms with Crippen molar-refractivity contribution < 1.29 is 9.90 Å². The molecule has 0 spiro atoms. The number of hydrogen-bond donors (Lipinski definition) is 2. The highest BCUT2D eigenvalue weighted by molar-refractivity contribution is 5.79. The molecule has 2 N–H and O–H groups in total. The number of aromatic amines is 1. The summed E-state index contributed by atoms with van der Waals surface area (Å²) in [4.78, 5) is 17.6. The summed E-state index contributed by atoms with van der Waals surface area (Å²) < 4.78 is 0. The fourth-order valence-electron chi connectivity index (χ4n) is 0.854. The molecule has 0 aliphatic heterocycles. The summed E-state index contributed by atoms with van der Waals surface area (Å²) >= 11 is 0. The van der Waals surface area contributed by atoms with E-state index in [0.717, 1.165) is 5.82 Å². The van der Waals surface area contributed by atoms with E-state index in [1.807, 2.05) is 0 Å². The molecule has 0 amide bonds. The Labute approximate surface area is 70.6 Å². The number of carboxylic acid groups (broad SMARTS) is 1. The van der Waals surface area contributed by atoms with Gasteiger partial charge < -0.3 is 10.1 Å². The molecular weight excluding hydrogens is 156 g/mol. The van der Waals surface area contributed by atoms with Crippen molar-refractivity contribution in [3.05, 3.63) is 17.7 Å². The van der Waals surface area contributed by atoms with E-state index in [-0.39, 0.29) is 0 Å². The summed E-state index contributed by atoms with van der Waals surface area (Å²) in [6.07, 6.45) is 1.56. The highest BCUT2D eigenvalue weighted by Gasteiger charge is 2.30. The number of rotatable bonds is 2. The molecule has 0 radical (unpaired) electrons. The van der Waals surface area contributed by atoms with Gasteiger partial charge >= 0.3 is 5.97 Å². The molecule has 66 valence electrons. The first-order chi connectivity index (χ1) is 5.44. The quantitative estimate of drug-likeness (QED) is 0.694. The number of aryl methyl sites for hydroxylation is 1. The molecule has 12 heavy (non-hydrogen) atoms. The van der Waals surface area contributed by atoms with E-state index in [0.29, 0.717) is 5.69 Å². The molecule has 0 saturated carbocycles. The van der Waals surface area contributed by atoms with E-state index in [1.54, 1.807) is 27.0 Å². The molecule has 0 aliphatic rings. The van der Waals surface area contributed by atoms with Crippen molar-refractivity contribution in [2.45, 2.75) is 26.2 Å². The number of carbonyl (C=O) groups is 1. The topological polar surface area (TPSA) is 66.0 Å². The summed E-state index contributed by atoms with van der Waals surface area (Å²) in [5, 5.41) is 8.86. The largest absolute Gasteiger partial charge is 0.481 e. The summed E-state index contributed by atoms with van der Waals surface area (Å²) in [5.74, 6) is -0.120. The van der Waals surface area contributed by atoms with Gasteiger partial charge in [-0.25, -0.2) is 4.98 Å². The second kappa shape index (κ2) is 2.62. The van der Waals surface area contributed by atoms with Crippen LogP contribution in [0.25, 0.3) is 0 Å². The molecule has 0 fully saturated rings. The van der Waals surface area contributed by atoms with Gasteiger partial charge in [0.1, 0.15) is 11.2 Å². The first kappa shape index (κ1) is 8.77. The van der Waals surface area contributed by atoms with Crippen LogP contribution in [0, 0.1) is 6.92 Å². The van der Waals surface area contributed by atoms with Gasteiger partial charge in [0, 0.05) is 6.20 Å². The van der Waals surface area contributed by atoms with Gasteiger partial charge in [-0.1, -0.05) is 0 Å². The Kier molecular flexibility index (Phi) is 1.92. The van der Waals surface area contributed by atoms with Crippen LogP contribution in [-0.4, -0.2) is 21.0 Å². The average molecular weight is 168 g/mol. The molecule has 0 bridgehead atoms. The van der Waals surface area contributed by atoms with Gasteiger partial charge in [0.05, 0.1) is 5.69 Å². The monoisotopic (exact) mass is 168 g/mol. The van der Waals surface area contributed by atoms with Crippen molar-refractivity contribution >= 4 is 5.97 Å². The number of imidazole rings is 1. The van der Waals surface area contributed by atoms with Crippen molar-refractivity contribution in [1.29, 1.82) is 0 Å².